The third-order valence-electron chi connectivity index (χ3n) is 3.95. The van der Waals surface area contributed by atoms with Crippen LogP contribution in [0.4, 0.5) is 17.2 Å². The lowest BCUT2D eigenvalue weighted by Gasteiger charge is -2.13. The van der Waals surface area contributed by atoms with Crippen molar-refractivity contribution >= 4 is 39.3 Å². The topological polar surface area (TPSA) is 77.9 Å². The Morgan fingerprint density at radius 3 is 2.34 bits per heavy atom. The number of nitrogens with zero attached hydrogens (tertiary/aromatic N) is 3. The molecule has 7 nitrogen and oxygen atoms in total. The monoisotopic (exact) mass is 456 g/mol. The Hall–Kier alpha value is -3.13. The Morgan fingerprint density at radius 2 is 1.66 bits per heavy atom. The standard InChI is InChI=1S/C19H15BrN4O3.C2H6/c1-25-15-7-11-9-21-17-18(24-13-5-3-12(20)4-6-13)22-10-23-19(17)27-14(11)8-16(15)26-2;1-2/h3-10H,1-2H3,(H,22,23,24);1-2H3. The highest BCUT2D eigenvalue weighted by atomic mass is 79.9. The second kappa shape index (κ2) is 9.38. The molecule has 1 aliphatic heterocycles. The molecule has 8 heteroatoms. The molecule has 3 aromatic rings. The van der Waals surface area contributed by atoms with Gasteiger partial charge in [0.25, 0.3) is 5.88 Å². The third-order valence-corrected chi connectivity index (χ3v) is 4.48. The van der Waals surface area contributed by atoms with Crippen LogP contribution in [0.5, 0.6) is 23.1 Å². The minimum atomic E-state index is 0.354. The zero-order valence-electron chi connectivity index (χ0n) is 16.6. The van der Waals surface area contributed by atoms with Crippen molar-refractivity contribution in [2.24, 2.45) is 4.99 Å². The van der Waals surface area contributed by atoms with Crippen molar-refractivity contribution in [1.82, 2.24) is 9.97 Å². The largest absolute Gasteiger partial charge is 0.493 e. The summed E-state index contributed by atoms with van der Waals surface area (Å²) in [6.45, 7) is 4.00. The Morgan fingerprint density at radius 1 is 0.966 bits per heavy atom. The fourth-order valence-electron chi connectivity index (χ4n) is 2.62. The minimum absolute atomic E-state index is 0.354. The number of halogens is 1. The van der Waals surface area contributed by atoms with Crippen LogP contribution < -0.4 is 19.5 Å². The Kier molecular flexibility index (Phi) is 6.66. The van der Waals surface area contributed by atoms with E-state index in [0.717, 1.165) is 15.7 Å². The summed E-state index contributed by atoms with van der Waals surface area (Å²) in [5.74, 6) is 2.63. The summed E-state index contributed by atoms with van der Waals surface area (Å²) in [6, 6.07) is 11.3. The molecule has 2 heterocycles. The molecule has 0 bridgehead atoms. The molecule has 2 aromatic carbocycles. The van der Waals surface area contributed by atoms with Crippen LogP contribution in [0.2, 0.25) is 0 Å². The zero-order valence-corrected chi connectivity index (χ0v) is 18.1. The van der Waals surface area contributed by atoms with E-state index in [1.807, 2.05) is 38.1 Å². The number of hydrogen-bond donors (Lipinski definition) is 1. The summed E-state index contributed by atoms with van der Waals surface area (Å²) < 4.78 is 17.7. The van der Waals surface area contributed by atoms with E-state index in [-0.39, 0.29) is 0 Å². The average Bonchev–Trinajstić information content (AvgIpc) is 2.95. The second-order valence-corrected chi connectivity index (χ2v) is 6.53. The lowest BCUT2D eigenvalue weighted by molar-refractivity contribution is 0.351. The molecule has 4 rings (SSSR count). The maximum absolute atomic E-state index is 5.98. The van der Waals surface area contributed by atoms with Crippen LogP contribution in [-0.4, -0.2) is 30.4 Å². The van der Waals surface area contributed by atoms with Crippen LogP contribution in [0.15, 0.2) is 52.2 Å². The highest BCUT2D eigenvalue weighted by molar-refractivity contribution is 9.10. The predicted octanol–water partition coefficient (Wildman–Crippen LogP) is 5.88. The van der Waals surface area contributed by atoms with Gasteiger partial charge in [0, 0.05) is 28.0 Å². The lowest BCUT2D eigenvalue weighted by Crippen LogP contribution is -1.98. The van der Waals surface area contributed by atoms with Crippen molar-refractivity contribution in [2.45, 2.75) is 13.8 Å². The number of ether oxygens (including phenoxy) is 3. The van der Waals surface area contributed by atoms with E-state index in [9.17, 15) is 0 Å². The molecule has 29 heavy (non-hydrogen) atoms. The lowest BCUT2D eigenvalue weighted by atomic mass is 10.2. The molecule has 1 aliphatic rings. The van der Waals surface area contributed by atoms with E-state index >= 15 is 0 Å². The maximum Gasteiger partial charge on any atom is 0.250 e. The molecule has 1 N–H and O–H groups in total. The number of anilines is 2. The number of hydrogen-bond acceptors (Lipinski definition) is 7. The molecule has 0 spiro atoms. The molecular formula is C21H21BrN4O3. The summed E-state index contributed by atoms with van der Waals surface area (Å²) in [5.41, 5.74) is 2.13. The summed E-state index contributed by atoms with van der Waals surface area (Å²) in [4.78, 5) is 13.1. The highest BCUT2D eigenvalue weighted by Gasteiger charge is 2.20. The fraction of sp³-hybridized carbons (Fsp3) is 0.190. The van der Waals surface area contributed by atoms with Gasteiger partial charge in [-0.1, -0.05) is 29.8 Å². The number of methoxy groups -OCH3 is 2. The molecule has 1 aromatic heterocycles. The third kappa shape index (κ3) is 4.48. The minimum Gasteiger partial charge on any atom is -0.493 e. The normalized spacial score (nSPS) is 11.1. The predicted molar refractivity (Wildman–Crippen MR) is 118 cm³/mol. The first-order chi connectivity index (χ1) is 14.2. The van der Waals surface area contributed by atoms with Crippen molar-refractivity contribution in [2.75, 3.05) is 19.5 Å². The van der Waals surface area contributed by atoms with Gasteiger partial charge in [0.1, 0.15) is 12.1 Å². The Bertz CT molecular complexity index is 1020. The van der Waals surface area contributed by atoms with E-state index in [1.165, 1.54) is 6.33 Å². The Balaban J connectivity index is 0.00000117. The SMILES string of the molecule is CC.COc1cc2c(cc1OC)Oc1ncnc(Nc3ccc(Br)cc3)c1N=C2. The number of fused-ring (bicyclic) bond motifs is 2. The van der Waals surface area contributed by atoms with E-state index in [4.69, 9.17) is 14.2 Å². The molecule has 0 unspecified atom stereocenters. The zero-order chi connectivity index (χ0) is 20.8. The van der Waals surface area contributed by atoms with Gasteiger partial charge in [-0.3, -0.25) is 0 Å². The quantitative estimate of drug-likeness (QED) is 0.412. The summed E-state index contributed by atoms with van der Waals surface area (Å²) in [7, 11) is 3.16. The van der Waals surface area contributed by atoms with Gasteiger partial charge in [0.15, 0.2) is 23.0 Å². The van der Waals surface area contributed by atoms with Crippen LogP contribution in [0.25, 0.3) is 0 Å². The molecule has 0 atom stereocenters. The number of aliphatic imine (C=N–C) groups is 1. The first-order valence-electron chi connectivity index (χ1n) is 9.03. The molecule has 150 valence electrons. The van der Waals surface area contributed by atoms with Crippen molar-refractivity contribution in [3.8, 4) is 23.1 Å². The van der Waals surface area contributed by atoms with Crippen LogP contribution in [0.1, 0.15) is 19.4 Å². The van der Waals surface area contributed by atoms with Gasteiger partial charge in [0.05, 0.1) is 14.2 Å². The van der Waals surface area contributed by atoms with Gasteiger partial charge in [-0.15, -0.1) is 0 Å². The smallest absolute Gasteiger partial charge is 0.250 e. The second-order valence-electron chi connectivity index (χ2n) is 5.61. The molecular weight excluding hydrogens is 436 g/mol. The van der Waals surface area contributed by atoms with Crippen LogP contribution >= 0.6 is 15.9 Å². The van der Waals surface area contributed by atoms with Gasteiger partial charge < -0.3 is 19.5 Å². The van der Waals surface area contributed by atoms with E-state index in [1.54, 1.807) is 32.6 Å². The maximum atomic E-state index is 5.98. The van der Waals surface area contributed by atoms with E-state index in [2.05, 4.69) is 36.2 Å². The van der Waals surface area contributed by atoms with Gasteiger partial charge in [0.2, 0.25) is 0 Å². The molecule has 0 aliphatic carbocycles. The Labute approximate surface area is 177 Å². The van der Waals surface area contributed by atoms with Gasteiger partial charge >= 0.3 is 0 Å². The van der Waals surface area contributed by atoms with Crippen molar-refractivity contribution < 1.29 is 14.2 Å². The van der Waals surface area contributed by atoms with E-state index < -0.39 is 0 Å². The molecule has 0 fully saturated rings. The van der Waals surface area contributed by atoms with Crippen molar-refractivity contribution in [3.05, 3.63) is 52.8 Å². The van der Waals surface area contributed by atoms with E-state index in [0.29, 0.717) is 34.6 Å². The number of rotatable bonds is 4. The first-order valence-corrected chi connectivity index (χ1v) is 9.83. The molecule has 0 radical (unpaired) electrons. The summed E-state index contributed by atoms with van der Waals surface area (Å²) in [6.07, 6.45) is 3.13. The van der Waals surface area contributed by atoms with Crippen LogP contribution in [0, 0.1) is 0 Å². The van der Waals surface area contributed by atoms with Gasteiger partial charge in [-0.25, -0.2) is 9.98 Å². The highest BCUT2D eigenvalue weighted by Crippen LogP contribution is 2.42. The van der Waals surface area contributed by atoms with Crippen molar-refractivity contribution in [3.63, 3.8) is 0 Å². The molecule has 0 saturated carbocycles. The average molecular weight is 457 g/mol. The van der Waals surface area contributed by atoms with Crippen LogP contribution in [0.3, 0.4) is 0 Å². The van der Waals surface area contributed by atoms with Crippen LogP contribution in [-0.2, 0) is 0 Å². The first kappa shape index (κ1) is 20.6. The fourth-order valence-corrected chi connectivity index (χ4v) is 2.88. The van der Waals surface area contributed by atoms with Gasteiger partial charge in [-0.2, -0.15) is 4.98 Å². The number of nitrogens with one attached hydrogen (secondary N) is 1. The molecule has 0 saturated heterocycles. The summed E-state index contributed by atoms with van der Waals surface area (Å²) >= 11 is 3.42. The number of benzene rings is 2. The number of aromatic nitrogens is 2. The van der Waals surface area contributed by atoms with Gasteiger partial charge in [-0.05, 0) is 30.3 Å². The molecule has 0 amide bonds. The summed E-state index contributed by atoms with van der Waals surface area (Å²) in [5, 5.41) is 3.24. The van der Waals surface area contributed by atoms with Crippen molar-refractivity contribution in [1.29, 1.82) is 0 Å².